The molecule has 36 heavy (non-hydrogen) atoms. The Kier molecular flexibility index (Phi) is 5.82. The van der Waals surface area contributed by atoms with Gasteiger partial charge in [0.05, 0.1) is 28.4 Å². The molecule has 2 N–H and O–H groups in total. The molecule has 0 amide bonds. The molecule has 0 spiro atoms. The van der Waals surface area contributed by atoms with Crippen LogP contribution in [0.15, 0.2) is 40.2 Å². The first-order valence-corrected chi connectivity index (χ1v) is 13.9. The van der Waals surface area contributed by atoms with Crippen molar-refractivity contribution in [2.75, 3.05) is 18.5 Å². The second-order valence-corrected chi connectivity index (χ2v) is 11.6. The van der Waals surface area contributed by atoms with Crippen molar-refractivity contribution in [1.82, 2.24) is 19.1 Å². The summed E-state index contributed by atoms with van der Waals surface area (Å²) in [4.78, 5) is 15.9. The quantitative estimate of drug-likeness (QED) is 0.552. The summed E-state index contributed by atoms with van der Waals surface area (Å²) < 4.78 is 35.2. The number of anilines is 2. The van der Waals surface area contributed by atoms with E-state index in [0.29, 0.717) is 59.9 Å². The Morgan fingerprint density at radius 2 is 1.94 bits per heavy atom. The van der Waals surface area contributed by atoms with Gasteiger partial charge in [-0.3, -0.25) is 9.48 Å². The highest BCUT2D eigenvalue weighted by atomic mass is 32.2. The summed E-state index contributed by atoms with van der Waals surface area (Å²) in [7, 11) is -3.55. The average molecular weight is 509 g/mol. The van der Waals surface area contributed by atoms with Gasteiger partial charge in [-0.05, 0) is 55.5 Å². The van der Waals surface area contributed by atoms with Crippen LogP contribution in [0.25, 0.3) is 10.9 Å². The number of H-pyrrole nitrogens is 1. The van der Waals surface area contributed by atoms with E-state index in [2.05, 4.69) is 16.4 Å². The van der Waals surface area contributed by atoms with E-state index in [-0.39, 0.29) is 23.6 Å². The van der Waals surface area contributed by atoms with Crippen LogP contribution >= 0.6 is 0 Å². The molecule has 0 bridgehead atoms. The van der Waals surface area contributed by atoms with Crippen molar-refractivity contribution in [2.24, 2.45) is 5.92 Å². The van der Waals surface area contributed by atoms with Crippen LogP contribution in [0.2, 0.25) is 0 Å². The molecule has 2 fully saturated rings. The van der Waals surface area contributed by atoms with Crippen molar-refractivity contribution in [3.8, 4) is 6.07 Å². The van der Waals surface area contributed by atoms with Crippen LogP contribution in [-0.4, -0.2) is 46.7 Å². The smallest absolute Gasteiger partial charge is 0.261 e. The van der Waals surface area contributed by atoms with Gasteiger partial charge in [0.25, 0.3) is 5.56 Å². The number of ether oxygens (including phenoxy) is 1. The summed E-state index contributed by atoms with van der Waals surface area (Å²) in [5, 5.41) is 18.2. The number of nitrogens with zero attached hydrogens (tertiary/aromatic N) is 4. The molecule has 0 radical (unpaired) electrons. The summed E-state index contributed by atoms with van der Waals surface area (Å²) in [5.74, 6) is 0.242. The van der Waals surface area contributed by atoms with E-state index in [1.807, 2.05) is 16.8 Å². The first-order valence-electron chi connectivity index (χ1n) is 12.5. The Balaban J connectivity index is 1.35. The lowest BCUT2D eigenvalue weighted by Crippen LogP contribution is -2.39. The maximum Gasteiger partial charge on any atom is 0.261 e. The van der Waals surface area contributed by atoms with E-state index < -0.39 is 10.0 Å². The zero-order chi connectivity index (χ0) is 24.9. The summed E-state index contributed by atoms with van der Waals surface area (Å²) in [6.45, 7) is 1.45. The predicted octanol–water partition coefficient (Wildman–Crippen LogP) is 3.41. The number of pyridine rings is 1. The molecule has 6 rings (SSSR count). The van der Waals surface area contributed by atoms with Gasteiger partial charge in [0.2, 0.25) is 10.0 Å². The van der Waals surface area contributed by atoms with Gasteiger partial charge in [-0.15, -0.1) is 0 Å². The number of hydrogen-bond acceptors (Lipinski definition) is 7. The first kappa shape index (κ1) is 23.2. The van der Waals surface area contributed by atoms with Crippen LogP contribution in [0.4, 0.5) is 11.5 Å². The lowest BCUT2D eigenvalue weighted by Gasteiger charge is -2.29. The fourth-order valence-electron chi connectivity index (χ4n) is 5.84. The second-order valence-electron chi connectivity index (χ2n) is 9.79. The minimum atomic E-state index is -3.55. The molecule has 3 aliphatic rings. The number of sulfonamides is 1. The van der Waals surface area contributed by atoms with E-state index in [9.17, 15) is 18.5 Å². The minimum Gasteiger partial charge on any atom is -0.381 e. The summed E-state index contributed by atoms with van der Waals surface area (Å²) in [6.07, 6.45) is 6.66. The monoisotopic (exact) mass is 508 g/mol. The van der Waals surface area contributed by atoms with Crippen molar-refractivity contribution >= 4 is 32.4 Å². The molecule has 1 aliphatic carbocycles. The topological polar surface area (TPSA) is 133 Å². The molecule has 2 aromatic heterocycles. The van der Waals surface area contributed by atoms with Crippen molar-refractivity contribution in [3.63, 3.8) is 0 Å². The number of hydrogen-bond donors (Lipinski definition) is 2. The summed E-state index contributed by atoms with van der Waals surface area (Å²) >= 11 is 0. The van der Waals surface area contributed by atoms with Crippen molar-refractivity contribution in [3.05, 3.63) is 46.4 Å². The van der Waals surface area contributed by atoms with Crippen LogP contribution in [0.5, 0.6) is 0 Å². The van der Waals surface area contributed by atoms with Gasteiger partial charge in [0.1, 0.15) is 5.39 Å². The lowest BCUT2D eigenvalue weighted by molar-refractivity contribution is 0.0581. The highest BCUT2D eigenvalue weighted by Gasteiger charge is 2.39. The Labute approximate surface area is 208 Å². The zero-order valence-corrected chi connectivity index (χ0v) is 20.6. The highest BCUT2D eigenvalue weighted by Crippen LogP contribution is 2.38. The van der Waals surface area contributed by atoms with E-state index in [4.69, 9.17) is 9.84 Å². The van der Waals surface area contributed by atoms with Crippen LogP contribution in [0.1, 0.15) is 50.1 Å². The van der Waals surface area contributed by atoms with E-state index in [0.717, 1.165) is 31.2 Å². The van der Waals surface area contributed by atoms with Crippen molar-refractivity contribution in [1.29, 1.82) is 5.26 Å². The molecular formula is C25H28N6O4S. The molecule has 3 aromatic rings. The molecule has 11 heteroatoms. The molecule has 10 nitrogen and oxygen atoms in total. The predicted molar refractivity (Wildman–Crippen MR) is 133 cm³/mol. The maximum atomic E-state index is 13.2. The third-order valence-electron chi connectivity index (χ3n) is 7.67. The van der Waals surface area contributed by atoms with Crippen LogP contribution in [0, 0.1) is 17.2 Å². The fourth-order valence-corrected chi connectivity index (χ4v) is 7.70. The zero-order valence-electron chi connectivity index (χ0n) is 19.8. The van der Waals surface area contributed by atoms with E-state index in [1.165, 1.54) is 0 Å². The van der Waals surface area contributed by atoms with E-state index in [1.54, 1.807) is 22.6 Å². The number of fused-ring (bicyclic) bond motifs is 2. The number of nitrogens with one attached hydrogen (secondary N) is 2. The third kappa shape index (κ3) is 3.80. The normalized spacial score (nSPS) is 24.4. The van der Waals surface area contributed by atoms with Gasteiger partial charge < -0.3 is 15.0 Å². The summed E-state index contributed by atoms with van der Waals surface area (Å²) in [5.41, 5.74) is 1.80. The number of nitriles is 1. The number of rotatable bonds is 4. The molecule has 0 unspecified atom stereocenters. The van der Waals surface area contributed by atoms with Gasteiger partial charge in [0.15, 0.2) is 5.82 Å². The number of aromatic amines is 1. The van der Waals surface area contributed by atoms with Crippen LogP contribution < -0.4 is 10.9 Å². The van der Waals surface area contributed by atoms with Gasteiger partial charge in [-0.2, -0.15) is 14.7 Å². The molecule has 188 valence electrons. The molecule has 2 atom stereocenters. The molecular weight excluding hydrogens is 480 g/mol. The first-order chi connectivity index (χ1) is 17.5. The van der Waals surface area contributed by atoms with Crippen LogP contribution in [-0.2, 0) is 21.3 Å². The van der Waals surface area contributed by atoms with Gasteiger partial charge in [-0.25, -0.2) is 8.42 Å². The van der Waals surface area contributed by atoms with Gasteiger partial charge >= 0.3 is 0 Å². The van der Waals surface area contributed by atoms with Gasteiger partial charge in [0, 0.05) is 37.7 Å². The Hall–Kier alpha value is -3.20. The standard InChI is InChI=1S/C25H28N6O4S/c26-14-16-3-1-2-4-20(16)31-21-7-10-27-25(32)23(21)24(29-31)28-18-5-6-22-17(13-18)15-30(36(22,33)34)19-8-11-35-12-9-19/h5-7,10,13,16,19-20H,1-4,8-9,11-12,15H2,(H,27,32)(H,28,29)/t16-,20+/m1/s1. The Morgan fingerprint density at radius 1 is 1.14 bits per heavy atom. The average Bonchev–Trinajstić information content (AvgIpc) is 3.39. The Morgan fingerprint density at radius 3 is 2.75 bits per heavy atom. The van der Waals surface area contributed by atoms with Crippen molar-refractivity contribution in [2.45, 2.75) is 62.0 Å². The Bertz CT molecular complexity index is 1520. The van der Waals surface area contributed by atoms with Crippen LogP contribution in [0.3, 0.4) is 0 Å². The largest absolute Gasteiger partial charge is 0.381 e. The van der Waals surface area contributed by atoms with Gasteiger partial charge in [-0.1, -0.05) is 12.8 Å². The highest BCUT2D eigenvalue weighted by molar-refractivity contribution is 7.89. The summed E-state index contributed by atoms with van der Waals surface area (Å²) in [6, 6.07) is 9.25. The fraction of sp³-hybridized carbons (Fsp3) is 0.480. The number of aromatic nitrogens is 3. The van der Waals surface area contributed by atoms with Crippen molar-refractivity contribution < 1.29 is 13.2 Å². The third-order valence-corrected chi connectivity index (χ3v) is 9.67. The minimum absolute atomic E-state index is 0.0608. The molecule has 2 aliphatic heterocycles. The SMILES string of the molecule is N#C[C@H]1CCCC[C@@H]1n1nc(Nc2ccc3c(c2)CN(C2CCOCC2)S3(=O)=O)c2c(=O)[nH]ccc21. The lowest BCUT2D eigenvalue weighted by atomic mass is 9.85. The molecule has 1 saturated carbocycles. The molecule has 4 heterocycles. The van der Waals surface area contributed by atoms with E-state index >= 15 is 0 Å². The second kappa shape index (κ2) is 9.03. The molecule has 1 saturated heterocycles. The number of benzene rings is 1. The molecule has 1 aromatic carbocycles. The maximum absolute atomic E-state index is 13.2.